The first-order chi connectivity index (χ1) is 7.41. The van der Waals surface area contributed by atoms with Crippen LogP contribution < -0.4 is 0 Å². The third-order valence-corrected chi connectivity index (χ3v) is 3.33. The lowest BCUT2D eigenvalue weighted by molar-refractivity contribution is 0.00578. The molecule has 3 heteroatoms. The minimum absolute atomic E-state index is 0.266. The molecule has 1 aliphatic carbocycles. The first-order valence-corrected chi connectivity index (χ1v) is 5.58. The number of hydrogen-bond acceptors (Lipinski definition) is 2. The van der Waals surface area contributed by atoms with Crippen molar-refractivity contribution >= 4 is 7.12 Å². The molecule has 0 N–H and O–H groups in total. The zero-order chi connectivity index (χ0) is 11.8. The summed E-state index contributed by atoms with van der Waals surface area (Å²) in [4.78, 5) is 0. The third kappa shape index (κ3) is 2.07. The number of allylic oxidation sites excluding steroid dienone is 4. The van der Waals surface area contributed by atoms with Crippen LogP contribution in [-0.4, -0.2) is 18.3 Å². The van der Waals surface area contributed by atoms with Gasteiger partial charge in [0.25, 0.3) is 0 Å². The number of rotatable bonds is 2. The van der Waals surface area contributed by atoms with Crippen LogP contribution in [0.1, 0.15) is 27.7 Å². The minimum Gasteiger partial charge on any atom is -0.400 e. The summed E-state index contributed by atoms with van der Waals surface area (Å²) < 4.78 is 11.7. The fraction of sp³-hybridized carbons (Fsp3) is 0.462. The van der Waals surface area contributed by atoms with Crippen LogP contribution in [-0.2, 0) is 9.31 Å². The van der Waals surface area contributed by atoms with E-state index in [2.05, 4.69) is 33.4 Å². The molecule has 16 heavy (non-hydrogen) atoms. The molecule has 0 atom stereocenters. The van der Waals surface area contributed by atoms with E-state index < -0.39 is 0 Å². The van der Waals surface area contributed by atoms with Gasteiger partial charge in [0, 0.05) is 5.57 Å². The zero-order valence-electron chi connectivity index (χ0n) is 10.3. The first-order valence-electron chi connectivity index (χ1n) is 5.58. The zero-order valence-corrected chi connectivity index (χ0v) is 10.3. The first kappa shape index (κ1) is 11.5. The van der Waals surface area contributed by atoms with Crippen LogP contribution in [0.3, 0.4) is 0 Å². The van der Waals surface area contributed by atoms with E-state index in [1.807, 2.05) is 30.3 Å². The molecule has 0 bridgehead atoms. The van der Waals surface area contributed by atoms with Crippen molar-refractivity contribution in [3.63, 3.8) is 0 Å². The van der Waals surface area contributed by atoms with Crippen molar-refractivity contribution in [2.75, 3.05) is 0 Å². The second-order valence-corrected chi connectivity index (χ2v) is 5.11. The Morgan fingerprint density at radius 2 is 1.81 bits per heavy atom. The van der Waals surface area contributed by atoms with Crippen molar-refractivity contribution in [2.24, 2.45) is 0 Å². The van der Waals surface area contributed by atoms with E-state index in [9.17, 15) is 0 Å². The van der Waals surface area contributed by atoms with Crippen molar-refractivity contribution in [2.45, 2.75) is 38.9 Å². The van der Waals surface area contributed by atoms with Crippen molar-refractivity contribution in [3.8, 4) is 0 Å². The lowest BCUT2D eigenvalue weighted by Gasteiger charge is -2.32. The van der Waals surface area contributed by atoms with Gasteiger partial charge in [-0.2, -0.15) is 0 Å². The van der Waals surface area contributed by atoms with Crippen LogP contribution in [0.4, 0.5) is 0 Å². The van der Waals surface area contributed by atoms with E-state index in [0.29, 0.717) is 0 Å². The van der Waals surface area contributed by atoms with Gasteiger partial charge in [-0.3, -0.25) is 0 Å². The van der Waals surface area contributed by atoms with E-state index >= 15 is 0 Å². The Morgan fingerprint density at radius 1 is 1.19 bits per heavy atom. The molecule has 0 unspecified atom stereocenters. The lowest BCUT2D eigenvalue weighted by Crippen LogP contribution is -2.41. The standard InChI is InChI=1S/C13H17BO2/c1-12(2)13(3,4)16-14(15-12)10-9-11-7-5-6-8-11/h5-7,9-10H,1-4H3/b10-9+. The van der Waals surface area contributed by atoms with E-state index in [-0.39, 0.29) is 18.3 Å². The van der Waals surface area contributed by atoms with Crippen LogP contribution >= 0.6 is 0 Å². The molecule has 1 fully saturated rings. The maximum absolute atomic E-state index is 5.84. The fourth-order valence-electron chi connectivity index (χ4n) is 1.60. The summed E-state index contributed by atoms with van der Waals surface area (Å²) in [5.41, 5.74) is 3.62. The van der Waals surface area contributed by atoms with Gasteiger partial charge < -0.3 is 9.31 Å². The molecule has 1 heterocycles. The monoisotopic (exact) mass is 216 g/mol. The van der Waals surface area contributed by atoms with Gasteiger partial charge in [0.1, 0.15) is 0 Å². The maximum atomic E-state index is 5.84. The second-order valence-electron chi connectivity index (χ2n) is 5.11. The molecule has 84 valence electrons. The normalized spacial score (nSPS) is 25.8. The molecule has 0 aromatic carbocycles. The highest BCUT2D eigenvalue weighted by molar-refractivity contribution is 6.51. The Labute approximate surface area is 97.5 Å². The van der Waals surface area contributed by atoms with Crippen molar-refractivity contribution in [3.05, 3.63) is 41.6 Å². The Bertz CT molecular complexity index is 394. The number of hydrogen-bond donors (Lipinski definition) is 0. The van der Waals surface area contributed by atoms with Gasteiger partial charge in [0.2, 0.25) is 0 Å². The Morgan fingerprint density at radius 3 is 2.31 bits per heavy atom. The lowest BCUT2D eigenvalue weighted by atomic mass is 9.89. The van der Waals surface area contributed by atoms with Crippen molar-refractivity contribution < 1.29 is 9.31 Å². The van der Waals surface area contributed by atoms with E-state index in [1.54, 1.807) is 0 Å². The summed E-state index contributed by atoms with van der Waals surface area (Å²) in [5, 5.41) is 0. The highest BCUT2D eigenvalue weighted by atomic mass is 16.7. The van der Waals surface area contributed by atoms with E-state index in [1.165, 1.54) is 0 Å². The van der Waals surface area contributed by atoms with E-state index in [0.717, 1.165) is 5.57 Å². The van der Waals surface area contributed by atoms with Gasteiger partial charge in [0.15, 0.2) is 0 Å². The summed E-state index contributed by atoms with van der Waals surface area (Å²) in [6.45, 7) is 8.20. The maximum Gasteiger partial charge on any atom is 0.487 e. The van der Waals surface area contributed by atoms with Crippen LogP contribution in [0.15, 0.2) is 41.6 Å². The molecule has 2 aliphatic rings. The molecule has 0 aromatic heterocycles. The van der Waals surface area contributed by atoms with Gasteiger partial charge in [-0.1, -0.05) is 18.1 Å². The molecule has 2 rings (SSSR count). The average molecular weight is 216 g/mol. The SMILES string of the molecule is CC1(C)OB(/C=C/C2=C=CC=C2)OC1(C)C. The predicted molar refractivity (Wildman–Crippen MR) is 66.0 cm³/mol. The topological polar surface area (TPSA) is 18.5 Å². The molecule has 1 aliphatic heterocycles. The third-order valence-electron chi connectivity index (χ3n) is 3.33. The van der Waals surface area contributed by atoms with Gasteiger partial charge in [-0.05, 0) is 39.8 Å². The quantitative estimate of drug-likeness (QED) is 0.522. The van der Waals surface area contributed by atoms with E-state index in [4.69, 9.17) is 9.31 Å². The summed E-state index contributed by atoms with van der Waals surface area (Å²) in [5.74, 6) is 1.93. The molecule has 1 saturated heterocycles. The predicted octanol–water partition coefficient (Wildman–Crippen LogP) is 2.83. The van der Waals surface area contributed by atoms with Crippen LogP contribution in [0.25, 0.3) is 0 Å². The van der Waals surface area contributed by atoms with Crippen LogP contribution in [0.2, 0.25) is 0 Å². The van der Waals surface area contributed by atoms with Crippen molar-refractivity contribution in [1.82, 2.24) is 0 Å². The van der Waals surface area contributed by atoms with Crippen LogP contribution in [0.5, 0.6) is 0 Å². The summed E-state index contributed by atoms with van der Waals surface area (Å²) in [6, 6.07) is 0. The highest BCUT2D eigenvalue weighted by Crippen LogP contribution is 2.36. The summed E-state index contributed by atoms with van der Waals surface area (Å²) in [7, 11) is -0.270. The van der Waals surface area contributed by atoms with Gasteiger partial charge in [-0.25, -0.2) is 0 Å². The molecule has 2 nitrogen and oxygen atoms in total. The molecular formula is C13H17BO2. The van der Waals surface area contributed by atoms with Gasteiger partial charge >= 0.3 is 7.12 Å². The molecular weight excluding hydrogens is 199 g/mol. The van der Waals surface area contributed by atoms with Crippen LogP contribution in [0, 0.1) is 0 Å². The molecule has 0 aromatic rings. The Kier molecular flexibility index (Phi) is 2.71. The second kappa shape index (κ2) is 3.78. The molecule has 0 saturated carbocycles. The summed E-state index contributed by atoms with van der Waals surface area (Å²) >= 11 is 0. The Balaban J connectivity index is 2.04. The van der Waals surface area contributed by atoms with Gasteiger partial charge in [-0.15, -0.1) is 5.73 Å². The summed E-state index contributed by atoms with van der Waals surface area (Å²) in [6.07, 6.45) is 7.83. The molecule has 0 amide bonds. The largest absolute Gasteiger partial charge is 0.487 e. The van der Waals surface area contributed by atoms with Crippen molar-refractivity contribution in [1.29, 1.82) is 0 Å². The Hall–Kier alpha value is -1.02. The smallest absolute Gasteiger partial charge is 0.400 e. The highest BCUT2D eigenvalue weighted by Gasteiger charge is 2.49. The average Bonchev–Trinajstić information content (AvgIpc) is 2.70. The molecule has 0 spiro atoms. The molecule has 0 radical (unpaired) electrons. The minimum atomic E-state index is -0.270. The van der Waals surface area contributed by atoms with Gasteiger partial charge in [0.05, 0.1) is 11.2 Å². The fourth-order valence-corrected chi connectivity index (χ4v) is 1.60.